The number of sulfonamides is 1. The molecule has 2 aliphatic rings. The van der Waals surface area contributed by atoms with Crippen LogP contribution in [0.15, 0.2) is 4.90 Å². The standard InChI is InChI=1S/C15H22N6O2S/c1-10-14(11(2)19(3)18-10)24(22,23)20-7-6-13-16-17-15(12-4-5-12)21(13)9-8-20/h12H,4-9H2,1-3H3. The molecule has 4 rings (SSSR count). The van der Waals surface area contributed by atoms with Gasteiger partial charge in [-0.25, -0.2) is 8.42 Å². The molecule has 2 aromatic rings. The Morgan fingerprint density at radius 2 is 1.83 bits per heavy atom. The second-order valence-electron chi connectivity index (χ2n) is 6.68. The molecular weight excluding hydrogens is 328 g/mol. The summed E-state index contributed by atoms with van der Waals surface area (Å²) in [5.41, 5.74) is 1.23. The second kappa shape index (κ2) is 5.38. The Balaban J connectivity index is 1.64. The van der Waals surface area contributed by atoms with Crippen LogP contribution in [-0.4, -0.2) is 50.4 Å². The summed E-state index contributed by atoms with van der Waals surface area (Å²) in [5, 5.41) is 12.8. The molecule has 0 unspecified atom stereocenters. The van der Waals surface area contributed by atoms with Crippen molar-refractivity contribution >= 4 is 10.0 Å². The molecule has 0 saturated heterocycles. The van der Waals surface area contributed by atoms with Gasteiger partial charge in [-0.2, -0.15) is 9.40 Å². The van der Waals surface area contributed by atoms with Crippen molar-refractivity contribution < 1.29 is 8.42 Å². The third kappa shape index (κ3) is 2.37. The molecule has 0 bridgehead atoms. The second-order valence-corrected chi connectivity index (χ2v) is 8.55. The van der Waals surface area contributed by atoms with E-state index in [1.807, 2.05) is 0 Å². The molecule has 0 N–H and O–H groups in total. The van der Waals surface area contributed by atoms with Gasteiger partial charge in [0.2, 0.25) is 10.0 Å². The smallest absolute Gasteiger partial charge is 0.246 e. The van der Waals surface area contributed by atoms with E-state index in [9.17, 15) is 8.42 Å². The van der Waals surface area contributed by atoms with Gasteiger partial charge in [-0.05, 0) is 26.7 Å². The maximum atomic E-state index is 13.1. The van der Waals surface area contributed by atoms with Crippen LogP contribution >= 0.6 is 0 Å². The number of hydrogen-bond acceptors (Lipinski definition) is 5. The Kier molecular flexibility index (Phi) is 3.54. The minimum Gasteiger partial charge on any atom is -0.313 e. The van der Waals surface area contributed by atoms with Crippen molar-refractivity contribution in [2.75, 3.05) is 13.1 Å². The monoisotopic (exact) mass is 350 g/mol. The van der Waals surface area contributed by atoms with Crippen molar-refractivity contribution in [3.63, 3.8) is 0 Å². The third-order valence-electron chi connectivity index (χ3n) is 5.00. The summed E-state index contributed by atoms with van der Waals surface area (Å²) in [4.78, 5) is 0.338. The van der Waals surface area contributed by atoms with Crippen molar-refractivity contribution in [3.8, 4) is 0 Å². The van der Waals surface area contributed by atoms with Crippen LogP contribution in [0.1, 0.15) is 41.8 Å². The van der Waals surface area contributed by atoms with Crippen molar-refractivity contribution in [1.82, 2.24) is 28.9 Å². The van der Waals surface area contributed by atoms with Gasteiger partial charge in [-0.3, -0.25) is 4.68 Å². The lowest BCUT2D eigenvalue weighted by Gasteiger charge is -2.20. The van der Waals surface area contributed by atoms with E-state index in [4.69, 9.17) is 0 Å². The van der Waals surface area contributed by atoms with E-state index in [1.165, 1.54) is 0 Å². The van der Waals surface area contributed by atoms with Gasteiger partial charge in [0, 0.05) is 39.0 Å². The molecule has 0 amide bonds. The van der Waals surface area contributed by atoms with Crippen LogP contribution in [0.4, 0.5) is 0 Å². The molecule has 0 atom stereocenters. The molecule has 1 fully saturated rings. The first-order valence-corrected chi connectivity index (χ1v) is 9.76. The molecule has 1 saturated carbocycles. The van der Waals surface area contributed by atoms with Gasteiger partial charge in [-0.15, -0.1) is 10.2 Å². The summed E-state index contributed by atoms with van der Waals surface area (Å²) in [5.74, 6) is 2.43. The van der Waals surface area contributed by atoms with E-state index in [0.717, 1.165) is 24.5 Å². The molecule has 24 heavy (non-hydrogen) atoms. The van der Waals surface area contributed by atoms with Crippen molar-refractivity contribution in [2.45, 2.75) is 50.5 Å². The zero-order valence-electron chi connectivity index (χ0n) is 14.2. The molecule has 8 nitrogen and oxygen atoms in total. The Labute approximate surface area is 141 Å². The topological polar surface area (TPSA) is 85.9 Å². The molecule has 2 aromatic heterocycles. The maximum absolute atomic E-state index is 13.1. The fourth-order valence-electron chi connectivity index (χ4n) is 3.47. The van der Waals surface area contributed by atoms with E-state index in [-0.39, 0.29) is 0 Å². The lowest BCUT2D eigenvalue weighted by atomic mass is 10.3. The zero-order chi connectivity index (χ0) is 17.1. The highest BCUT2D eigenvalue weighted by Crippen LogP contribution is 2.39. The lowest BCUT2D eigenvalue weighted by Crippen LogP contribution is -2.34. The van der Waals surface area contributed by atoms with Crippen LogP contribution in [0.2, 0.25) is 0 Å². The first kappa shape index (κ1) is 15.8. The molecule has 9 heteroatoms. The van der Waals surface area contributed by atoms with Crippen LogP contribution < -0.4 is 0 Å². The van der Waals surface area contributed by atoms with E-state index < -0.39 is 10.0 Å². The Bertz CT molecular complexity index is 893. The van der Waals surface area contributed by atoms with E-state index in [0.29, 0.717) is 48.3 Å². The third-order valence-corrected chi connectivity index (χ3v) is 7.15. The average molecular weight is 350 g/mol. The summed E-state index contributed by atoms with van der Waals surface area (Å²) >= 11 is 0. The van der Waals surface area contributed by atoms with Gasteiger partial charge in [-0.1, -0.05) is 0 Å². The predicted octanol–water partition coefficient (Wildman–Crippen LogP) is 0.753. The number of hydrogen-bond donors (Lipinski definition) is 0. The number of rotatable bonds is 3. The minimum atomic E-state index is -3.55. The summed E-state index contributed by atoms with van der Waals surface area (Å²) in [6.07, 6.45) is 2.92. The van der Waals surface area contributed by atoms with Crippen LogP contribution in [0, 0.1) is 13.8 Å². The molecule has 3 heterocycles. The maximum Gasteiger partial charge on any atom is 0.246 e. The largest absolute Gasteiger partial charge is 0.313 e. The van der Waals surface area contributed by atoms with Crippen molar-refractivity contribution in [1.29, 1.82) is 0 Å². The van der Waals surface area contributed by atoms with Gasteiger partial charge >= 0.3 is 0 Å². The van der Waals surface area contributed by atoms with E-state index in [2.05, 4.69) is 19.9 Å². The summed E-state index contributed by atoms with van der Waals surface area (Å²) < 4.78 is 31.6. The number of aromatic nitrogens is 5. The van der Waals surface area contributed by atoms with Crippen LogP contribution in [0.5, 0.6) is 0 Å². The van der Waals surface area contributed by atoms with E-state index >= 15 is 0 Å². The fourth-order valence-corrected chi connectivity index (χ4v) is 5.30. The van der Waals surface area contributed by atoms with Crippen LogP contribution in [0.25, 0.3) is 0 Å². The van der Waals surface area contributed by atoms with Gasteiger partial charge in [0.15, 0.2) is 0 Å². The molecule has 0 aromatic carbocycles. The SMILES string of the molecule is Cc1nn(C)c(C)c1S(=O)(=O)N1CCc2nnc(C3CC3)n2CC1. The summed E-state index contributed by atoms with van der Waals surface area (Å²) in [6.45, 7) is 5.04. The number of aryl methyl sites for hydroxylation is 2. The summed E-state index contributed by atoms with van der Waals surface area (Å²) in [6, 6.07) is 0. The summed E-state index contributed by atoms with van der Waals surface area (Å²) in [7, 11) is -1.78. The molecule has 130 valence electrons. The fraction of sp³-hybridized carbons (Fsp3) is 0.667. The Hall–Kier alpha value is -1.74. The highest BCUT2D eigenvalue weighted by molar-refractivity contribution is 7.89. The average Bonchev–Trinajstić information content (AvgIpc) is 3.27. The van der Waals surface area contributed by atoms with Crippen molar-refractivity contribution in [2.24, 2.45) is 7.05 Å². The van der Waals surface area contributed by atoms with Crippen LogP contribution in [0.3, 0.4) is 0 Å². The van der Waals surface area contributed by atoms with Gasteiger partial charge < -0.3 is 4.57 Å². The highest BCUT2D eigenvalue weighted by atomic mass is 32.2. The Morgan fingerprint density at radius 1 is 1.08 bits per heavy atom. The molecule has 0 radical (unpaired) electrons. The number of nitrogens with zero attached hydrogens (tertiary/aromatic N) is 6. The highest BCUT2D eigenvalue weighted by Gasteiger charge is 2.35. The van der Waals surface area contributed by atoms with Gasteiger partial charge in [0.25, 0.3) is 0 Å². The van der Waals surface area contributed by atoms with Crippen LogP contribution in [-0.2, 0) is 30.0 Å². The number of fused-ring (bicyclic) bond motifs is 1. The van der Waals surface area contributed by atoms with Gasteiger partial charge in [0.1, 0.15) is 16.5 Å². The predicted molar refractivity (Wildman–Crippen MR) is 87.1 cm³/mol. The zero-order valence-corrected chi connectivity index (χ0v) is 15.0. The van der Waals surface area contributed by atoms with E-state index in [1.54, 1.807) is 29.9 Å². The molecule has 1 aliphatic carbocycles. The lowest BCUT2D eigenvalue weighted by molar-refractivity contribution is 0.411. The quantitative estimate of drug-likeness (QED) is 0.815. The molecular formula is C15H22N6O2S. The first-order chi connectivity index (χ1) is 11.4. The minimum absolute atomic E-state index is 0.338. The van der Waals surface area contributed by atoms with Gasteiger partial charge in [0.05, 0.1) is 11.4 Å². The normalized spacial score (nSPS) is 19.3. The Morgan fingerprint density at radius 3 is 2.46 bits per heavy atom. The van der Waals surface area contributed by atoms with Crippen molar-refractivity contribution in [3.05, 3.63) is 23.0 Å². The molecule has 1 aliphatic heterocycles. The first-order valence-electron chi connectivity index (χ1n) is 8.32. The molecule has 0 spiro atoms.